The lowest BCUT2D eigenvalue weighted by atomic mass is 9.90. The molecule has 1 saturated heterocycles. The molecule has 0 saturated carbocycles. The van der Waals surface area contributed by atoms with E-state index < -0.39 is 32.0 Å². The summed E-state index contributed by atoms with van der Waals surface area (Å²) in [6.45, 7) is 6.10. The fourth-order valence-corrected chi connectivity index (χ4v) is 4.91. The van der Waals surface area contributed by atoms with Crippen molar-refractivity contribution in [1.82, 2.24) is 19.6 Å². The smallest absolute Gasteiger partial charge is 0.275 e. The summed E-state index contributed by atoms with van der Waals surface area (Å²) in [7, 11) is -2.45. The molecule has 1 aromatic heterocycles. The number of amidine groups is 1. The van der Waals surface area contributed by atoms with E-state index in [9.17, 15) is 17.6 Å². The molecule has 0 unspecified atom stereocenters. The molecule has 3 N–H and O–H groups in total. The maximum absolute atomic E-state index is 14.9. The zero-order valence-electron chi connectivity index (χ0n) is 17.9. The Morgan fingerprint density at radius 3 is 2.55 bits per heavy atom. The first-order chi connectivity index (χ1) is 14.3. The number of carbonyl (C=O) groups is 1. The van der Waals surface area contributed by atoms with Crippen LogP contribution in [-0.2, 0) is 15.6 Å². The maximum Gasteiger partial charge on any atom is 0.275 e. The van der Waals surface area contributed by atoms with Gasteiger partial charge < -0.3 is 10.6 Å². The second-order valence-corrected chi connectivity index (χ2v) is 10.9. The number of sulfonamides is 1. The van der Waals surface area contributed by atoms with Crippen molar-refractivity contribution >= 4 is 27.5 Å². The second kappa shape index (κ2) is 7.65. The fourth-order valence-electron chi connectivity index (χ4n) is 3.40. The molecule has 0 bridgehead atoms. The number of nitrogens with zero attached hydrogens (tertiary/aromatic N) is 3. The Morgan fingerprint density at radius 1 is 1.26 bits per heavy atom. The molecule has 3 rings (SSSR count). The molecule has 11 heteroatoms. The van der Waals surface area contributed by atoms with Gasteiger partial charge in [0.05, 0.1) is 17.4 Å². The summed E-state index contributed by atoms with van der Waals surface area (Å²) >= 11 is 0. The number of nitrogens with one attached hydrogen (secondary N) is 3. The standard InChI is InChI=1S/C20H25FN6O3S/c1-12-9-24-16(10-23-12)17(28)25-13-6-7-15(21)14(8-13)20(4)11-27(5)31(29,30)19(2,3)18(22)26-20/h6-10H,11H2,1-5H3,(H2,22,26)(H,25,28)/t20-/m0/s1. The quantitative estimate of drug-likeness (QED) is 0.659. The average Bonchev–Trinajstić information content (AvgIpc) is 2.72. The van der Waals surface area contributed by atoms with Crippen LogP contribution in [0, 0.1) is 18.2 Å². The number of halogens is 1. The van der Waals surface area contributed by atoms with Crippen molar-refractivity contribution in [3.63, 3.8) is 0 Å². The van der Waals surface area contributed by atoms with Gasteiger partial charge in [0.15, 0.2) is 0 Å². The molecule has 2 aromatic rings. The van der Waals surface area contributed by atoms with E-state index in [1.807, 2.05) is 0 Å². The van der Waals surface area contributed by atoms with Crippen LogP contribution in [0.4, 0.5) is 10.1 Å². The van der Waals surface area contributed by atoms with Gasteiger partial charge in [-0.3, -0.25) is 15.2 Å². The van der Waals surface area contributed by atoms with Gasteiger partial charge in [-0.05, 0) is 45.9 Å². The number of hydrogen-bond acceptors (Lipinski definition) is 6. The molecule has 31 heavy (non-hydrogen) atoms. The number of anilines is 1. The summed E-state index contributed by atoms with van der Waals surface area (Å²) in [5, 5.41) is 13.9. The lowest BCUT2D eigenvalue weighted by Crippen LogP contribution is -2.51. The van der Waals surface area contributed by atoms with Crippen molar-refractivity contribution in [2.24, 2.45) is 0 Å². The molecular weight excluding hydrogens is 423 g/mol. The minimum Gasteiger partial charge on any atom is -0.362 e. The highest BCUT2D eigenvalue weighted by atomic mass is 32.2. The zero-order chi connectivity index (χ0) is 23.2. The summed E-state index contributed by atoms with van der Waals surface area (Å²) in [6, 6.07) is 4.01. The molecule has 1 aliphatic heterocycles. The van der Waals surface area contributed by atoms with Crippen molar-refractivity contribution in [3.8, 4) is 0 Å². The van der Waals surface area contributed by atoms with Crippen LogP contribution in [-0.4, -0.2) is 52.8 Å². The Kier molecular flexibility index (Phi) is 5.61. The van der Waals surface area contributed by atoms with Crippen molar-refractivity contribution in [2.75, 3.05) is 18.9 Å². The van der Waals surface area contributed by atoms with E-state index in [1.54, 1.807) is 13.8 Å². The van der Waals surface area contributed by atoms with Crippen LogP contribution < -0.4 is 10.6 Å². The molecule has 1 aromatic carbocycles. The first-order valence-corrected chi connectivity index (χ1v) is 10.9. The number of likely N-dealkylation sites (N-methyl/N-ethyl adjacent to an activating group) is 1. The molecule has 1 fully saturated rings. The Labute approximate surface area is 180 Å². The molecular formula is C20H25FN6O3S. The van der Waals surface area contributed by atoms with Gasteiger partial charge in [0.1, 0.15) is 22.1 Å². The van der Waals surface area contributed by atoms with Gasteiger partial charge in [0, 0.05) is 31.0 Å². The van der Waals surface area contributed by atoms with Gasteiger partial charge in [-0.1, -0.05) is 0 Å². The van der Waals surface area contributed by atoms with Gasteiger partial charge in [0.2, 0.25) is 10.0 Å². The molecule has 1 aliphatic rings. The molecule has 0 radical (unpaired) electrons. The van der Waals surface area contributed by atoms with E-state index in [0.717, 1.165) is 4.31 Å². The van der Waals surface area contributed by atoms with E-state index in [-0.39, 0.29) is 23.6 Å². The summed E-state index contributed by atoms with van der Waals surface area (Å²) < 4.78 is 40.2. The Hall–Kier alpha value is -2.92. The zero-order valence-corrected chi connectivity index (χ0v) is 18.8. The first-order valence-electron chi connectivity index (χ1n) is 9.51. The second-order valence-electron chi connectivity index (χ2n) is 8.30. The highest BCUT2D eigenvalue weighted by Crippen LogP contribution is 2.34. The number of aromatic nitrogens is 2. The molecule has 9 nitrogen and oxygen atoms in total. The number of aryl methyl sites for hydroxylation is 1. The summed E-state index contributed by atoms with van der Waals surface area (Å²) in [6.07, 6.45) is 2.80. The van der Waals surface area contributed by atoms with Gasteiger partial charge in [-0.15, -0.1) is 0 Å². The lowest BCUT2D eigenvalue weighted by molar-refractivity contribution is 0.102. The highest BCUT2D eigenvalue weighted by molar-refractivity contribution is 7.91. The topological polar surface area (TPSA) is 128 Å². The SMILES string of the molecule is Cc1cnc(C(=O)Nc2ccc(F)c([C@]3(C)CN(C)S(=O)(=O)C(C)(C)C(=N)N3)c2)cn1. The fraction of sp³-hybridized carbons (Fsp3) is 0.400. The van der Waals surface area contributed by atoms with E-state index in [1.165, 1.54) is 51.5 Å². The highest BCUT2D eigenvalue weighted by Gasteiger charge is 2.49. The monoisotopic (exact) mass is 448 g/mol. The van der Waals surface area contributed by atoms with Gasteiger partial charge >= 0.3 is 0 Å². The number of carbonyl (C=O) groups excluding carboxylic acids is 1. The number of rotatable bonds is 3. The first kappa shape index (κ1) is 22.8. The number of amides is 1. The number of hydrogen-bond donors (Lipinski definition) is 3. The van der Waals surface area contributed by atoms with E-state index in [4.69, 9.17) is 5.41 Å². The van der Waals surface area contributed by atoms with Crippen LogP contribution >= 0.6 is 0 Å². The van der Waals surface area contributed by atoms with Crippen molar-refractivity contribution in [3.05, 3.63) is 53.4 Å². The average molecular weight is 449 g/mol. The predicted octanol–water partition coefficient (Wildman–Crippen LogP) is 2.01. The molecule has 0 aliphatic carbocycles. The third-order valence-electron chi connectivity index (χ3n) is 5.43. The van der Waals surface area contributed by atoms with Gasteiger partial charge in [-0.2, -0.15) is 0 Å². The van der Waals surface area contributed by atoms with Crippen molar-refractivity contribution in [1.29, 1.82) is 5.41 Å². The normalized spacial score (nSPS) is 23.0. The van der Waals surface area contributed by atoms with Crippen molar-refractivity contribution < 1.29 is 17.6 Å². The molecule has 1 atom stereocenters. The minimum atomic E-state index is -3.85. The summed E-state index contributed by atoms with van der Waals surface area (Å²) in [4.78, 5) is 20.5. The lowest BCUT2D eigenvalue weighted by Gasteiger charge is -2.33. The molecule has 1 amide bonds. The van der Waals surface area contributed by atoms with Crippen molar-refractivity contribution in [2.45, 2.75) is 38.0 Å². The molecule has 166 valence electrons. The van der Waals surface area contributed by atoms with E-state index >= 15 is 0 Å². The Morgan fingerprint density at radius 2 is 1.94 bits per heavy atom. The van der Waals surface area contributed by atoms with Gasteiger partial charge in [0.25, 0.3) is 5.91 Å². The van der Waals surface area contributed by atoms with Gasteiger partial charge in [-0.25, -0.2) is 22.1 Å². The third-order valence-corrected chi connectivity index (χ3v) is 7.87. The number of benzene rings is 1. The van der Waals surface area contributed by atoms with Crippen LogP contribution in [0.15, 0.2) is 30.6 Å². The Balaban J connectivity index is 1.98. The molecule has 0 spiro atoms. The largest absolute Gasteiger partial charge is 0.362 e. The Bertz CT molecular complexity index is 1150. The van der Waals surface area contributed by atoms with E-state index in [2.05, 4.69) is 20.6 Å². The van der Waals surface area contributed by atoms with Crippen LogP contribution in [0.1, 0.15) is 42.5 Å². The van der Waals surface area contributed by atoms with Crippen LogP contribution in [0.5, 0.6) is 0 Å². The van der Waals surface area contributed by atoms with Crippen LogP contribution in [0.3, 0.4) is 0 Å². The summed E-state index contributed by atoms with van der Waals surface area (Å²) in [5.41, 5.74) is -0.0690. The minimum absolute atomic E-state index is 0.102. The third kappa shape index (κ3) is 4.02. The van der Waals surface area contributed by atoms with E-state index in [0.29, 0.717) is 11.4 Å². The predicted molar refractivity (Wildman–Crippen MR) is 115 cm³/mol. The van der Waals surface area contributed by atoms with Crippen LogP contribution in [0.25, 0.3) is 0 Å². The summed E-state index contributed by atoms with van der Waals surface area (Å²) in [5.74, 6) is -1.36. The maximum atomic E-state index is 14.9. The van der Waals surface area contributed by atoms with Crippen LogP contribution in [0.2, 0.25) is 0 Å². The molecule has 2 heterocycles.